The molecule has 2 N–H and O–H groups in total. The van der Waals surface area contributed by atoms with Crippen molar-refractivity contribution in [3.8, 4) is 11.4 Å². The number of hydrogen-bond donors (Lipinski definition) is 2. The summed E-state index contributed by atoms with van der Waals surface area (Å²) in [6.45, 7) is 1.75. The second kappa shape index (κ2) is 8.08. The van der Waals surface area contributed by atoms with Gasteiger partial charge in [-0.15, -0.1) is 0 Å². The summed E-state index contributed by atoms with van der Waals surface area (Å²) in [4.78, 5) is 20.1. The van der Waals surface area contributed by atoms with Gasteiger partial charge in [0.2, 0.25) is 5.91 Å². The number of rotatable bonds is 5. The van der Waals surface area contributed by atoms with Crippen LogP contribution in [0.15, 0.2) is 60.9 Å². The minimum absolute atomic E-state index is 0.136. The fourth-order valence-corrected chi connectivity index (χ4v) is 2.50. The second-order valence-electron chi connectivity index (χ2n) is 5.93. The van der Waals surface area contributed by atoms with Gasteiger partial charge in [0.05, 0.1) is 5.56 Å². The Hall–Kier alpha value is -3.42. The first-order valence-electron chi connectivity index (χ1n) is 8.52. The third-order valence-electron chi connectivity index (χ3n) is 3.92. The highest BCUT2D eigenvalue weighted by molar-refractivity contribution is 5.92. The molecular formula is C20H17F3N4O. The first-order chi connectivity index (χ1) is 13.4. The van der Waals surface area contributed by atoms with Crippen molar-refractivity contribution in [2.75, 3.05) is 10.6 Å². The Morgan fingerprint density at radius 1 is 1.00 bits per heavy atom. The Bertz CT molecular complexity index is 957. The van der Waals surface area contributed by atoms with E-state index in [-0.39, 0.29) is 5.91 Å². The van der Waals surface area contributed by atoms with Gasteiger partial charge in [-0.05, 0) is 48.5 Å². The van der Waals surface area contributed by atoms with E-state index in [0.29, 0.717) is 34.9 Å². The monoisotopic (exact) mass is 386 g/mol. The molecule has 3 aromatic rings. The van der Waals surface area contributed by atoms with Gasteiger partial charge >= 0.3 is 6.18 Å². The van der Waals surface area contributed by atoms with Crippen molar-refractivity contribution in [2.45, 2.75) is 19.5 Å². The number of carbonyl (C=O) groups is 1. The maximum Gasteiger partial charge on any atom is 0.416 e. The molecule has 0 bridgehead atoms. The molecule has 2 aromatic carbocycles. The van der Waals surface area contributed by atoms with Crippen LogP contribution in [0.25, 0.3) is 11.4 Å². The summed E-state index contributed by atoms with van der Waals surface area (Å²) in [6, 6.07) is 11.5. The van der Waals surface area contributed by atoms with Gasteiger partial charge in [-0.25, -0.2) is 9.97 Å². The second-order valence-corrected chi connectivity index (χ2v) is 5.93. The first kappa shape index (κ1) is 19.3. The van der Waals surface area contributed by atoms with Crippen LogP contribution in [-0.2, 0) is 11.0 Å². The summed E-state index contributed by atoms with van der Waals surface area (Å²) < 4.78 is 38.2. The molecular weight excluding hydrogens is 369 g/mol. The molecule has 0 fully saturated rings. The van der Waals surface area contributed by atoms with E-state index in [1.807, 2.05) is 0 Å². The van der Waals surface area contributed by atoms with E-state index in [1.54, 1.807) is 43.6 Å². The number of carbonyl (C=O) groups excluding carboxylic acids is 1. The van der Waals surface area contributed by atoms with Crippen LogP contribution >= 0.6 is 0 Å². The van der Waals surface area contributed by atoms with Crippen LogP contribution in [0, 0.1) is 0 Å². The molecule has 0 saturated carbocycles. The van der Waals surface area contributed by atoms with Gasteiger partial charge in [0, 0.05) is 41.4 Å². The molecule has 1 heterocycles. The van der Waals surface area contributed by atoms with Crippen molar-refractivity contribution in [3.63, 3.8) is 0 Å². The third kappa shape index (κ3) is 4.64. The lowest BCUT2D eigenvalue weighted by Gasteiger charge is -2.14. The number of nitrogens with one attached hydrogen (secondary N) is 2. The topological polar surface area (TPSA) is 66.9 Å². The van der Waals surface area contributed by atoms with Crippen LogP contribution < -0.4 is 10.6 Å². The van der Waals surface area contributed by atoms with E-state index in [2.05, 4.69) is 20.6 Å². The van der Waals surface area contributed by atoms with E-state index in [4.69, 9.17) is 0 Å². The van der Waals surface area contributed by atoms with Crippen LogP contribution in [0.2, 0.25) is 0 Å². The fraction of sp³-hybridized carbons (Fsp3) is 0.150. The normalized spacial score (nSPS) is 11.1. The van der Waals surface area contributed by atoms with E-state index < -0.39 is 11.7 Å². The van der Waals surface area contributed by atoms with Gasteiger partial charge < -0.3 is 10.6 Å². The van der Waals surface area contributed by atoms with Gasteiger partial charge in [0.1, 0.15) is 0 Å². The minimum Gasteiger partial charge on any atom is -0.355 e. The van der Waals surface area contributed by atoms with E-state index in [1.165, 1.54) is 12.1 Å². The van der Waals surface area contributed by atoms with Crippen molar-refractivity contribution in [1.29, 1.82) is 0 Å². The number of anilines is 3. The zero-order valence-corrected chi connectivity index (χ0v) is 14.9. The molecule has 5 nitrogen and oxygen atoms in total. The highest BCUT2D eigenvalue weighted by Crippen LogP contribution is 2.33. The van der Waals surface area contributed by atoms with Crippen LogP contribution in [0.4, 0.5) is 30.2 Å². The SMILES string of the molecule is CCC(=O)Nc1ccc(Nc2ccc(C(F)(F)F)cc2)c(-c2ncccn2)c1. The molecule has 1 aromatic heterocycles. The molecule has 0 aliphatic carbocycles. The lowest BCUT2D eigenvalue weighted by molar-refractivity contribution is -0.137. The predicted octanol–water partition coefficient (Wildman–Crippen LogP) is 5.25. The van der Waals surface area contributed by atoms with Gasteiger partial charge in [0.15, 0.2) is 5.82 Å². The smallest absolute Gasteiger partial charge is 0.355 e. The van der Waals surface area contributed by atoms with Gasteiger partial charge in [-0.2, -0.15) is 13.2 Å². The zero-order valence-electron chi connectivity index (χ0n) is 14.9. The number of alkyl halides is 3. The standard InChI is InChI=1S/C20H17F3N4O/c1-2-18(28)27-15-8-9-17(16(12-15)19-24-10-3-11-25-19)26-14-6-4-13(5-7-14)20(21,22)23/h3-12,26H,2H2,1H3,(H,27,28). The maximum absolute atomic E-state index is 12.7. The molecule has 0 aliphatic rings. The number of amides is 1. The number of benzene rings is 2. The predicted molar refractivity (Wildman–Crippen MR) is 101 cm³/mol. The average Bonchev–Trinajstić information content (AvgIpc) is 2.69. The Balaban J connectivity index is 1.94. The minimum atomic E-state index is -4.39. The number of aromatic nitrogens is 2. The lowest BCUT2D eigenvalue weighted by Crippen LogP contribution is -2.09. The molecule has 0 aliphatic heterocycles. The number of halogens is 3. The summed E-state index contributed by atoms with van der Waals surface area (Å²) >= 11 is 0. The van der Waals surface area contributed by atoms with Crippen LogP contribution in [0.5, 0.6) is 0 Å². The maximum atomic E-state index is 12.7. The molecule has 0 radical (unpaired) electrons. The Kier molecular flexibility index (Phi) is 5.58. The van der Waals surface area contributed by atoms with Gasteiger partial charge in [-0.3, -0.25) is 4.79 Å². The molecule has 0 saturated heterocycles. The van der Waals surface area contributed by atoms with Crippen molar-refractivity contribution >= 4 is 23.0 Å². The third-order valence-corrected chi connectivity index (χ3v) is 3.92. The molecule has 8 heteroatoms. The Morgan fingerprint density at radius 3 is 2.25 bits per heavy atom. The molecule has 0 spiro atoms. The highest BCUT2D eigenvalue weighted by atomic mass is 19.4. The van der Waals surface area contributed by atoms with Crippen LogP contribution in [0.3, 0.4) is 0 Å². The molecule has 0 unspecified atom stereocenters. The fourth-order valence-electron chi connectivity index (χ4n) is 2.50. The summed E-state index contributed by atoms with van der Waals surface area (Å²) in [7, 11) is 0. The Labute approximate surface area is 159 Å². The van der Waals surface area contributed by atoms with Crippen molar-refractivity contribution in [1.82, 2.24) is 9.97 Å². The van der Waals surface area contributed by atoms with E-state index >= 15 is 0 Å². The average molecular weight is 386 g/mol. The summed E-state index contributed by atoms with van der Waals surface area (Å²) in [6.07, 6.45) is -0.882. The van der Waals surface area contributed by atoms with Crippen molar-refractivity contribution in [3.05, 3.63) is 66.5 Å². The summed E-state index contributed by atoms with van der Waals surface area (Å²) in [5, 5.41) is 5.85. The van der Waals surface area contributed by atoms with Gasteiger partial charge in [0.25, 0.3) is 0 Å². The van der Waals surface area contributed by atoms with Crippen LogP contribution in [-0.4, -0.2) is 15.9 Å². The van der Waals surface area contributed by atoms with Gasteiger partial charge in [-0.1, -0.05) is 6.92 Å². The summed E-state index contributed by atoms with van der Waals surface area (Å²) in [5.74, 6) is 0.285. The lowest BCUT2D eigenvalue weighted by atomic mass is 10.1. The molecule has 0 atom stereocenters. The Morgan fingerprint density at radius 2 is 1.64 bits per heavy atom. The highest BCUT2D eigenvalue weighted by Gasteiger charge is 2.29. The molecule has 144 valence electrons. The zero-order chi connectivity index (χ0) is 20.1. The summed E-state index contributed by atoms with van der Waals surface area (Å²) in [5.41, 5.74) is 1.54. The van der Waals surface area contributed by atoms with E-state index in [9.17, 15) is 18.0 Å². The van der Waals surface area contributed by atoms with Crippen molar-refractivity contribution in [2.24, 2.45) is 0 Å². The van der Waals surface area contributed by atoms with Crippen molar-refractivity contribution < 1.29 is 18.0 Å². The van der Waals surface area contributed by atoms with E-state index in [0.717, 1.165) is 12.1 Å². The first-order valence-corrected chi connectivity index (χ1v) is 8.52. The molecule has 3 rings (SSSR count). The van der Waals surface area contributed by atoms with Crippen LogP contribution in [0.1, 0.15) is 18.9 Å². The largest absolute Gasteiger partial charge is 0.416 e. The molecule has 1 amide bonds. The number of hydrogen-bond acceptors (Lipinski definition) is 4. The molecule has 28 heavy (non-hydrogen) atoms. The quantitative estimate of drug-likeness (QED) is 0.628. The number of nitrogens with zero attached hydrogens (tertiary/aromatic N) is 2.